The third kappa shape index (κ3) is 1.20. The summed E-state index contributed by atoms with van der Waals surface area (Å²) in [6, 6.07) is 3.34. The summed E-state index contributed by atoms with van der Waals surface area (Å²) in [4.78, 5) is 0. The van der Waals surface area contributed by atoms with Gasteiger partial charge >= 0.3 is 0 Å². The molecule has 1 aliphatic heterocycles. The fourth-order valence-electron chi connectivity index (χ4n) is 1.58. The minimum absolute atomic E-state index is 0.457. The van der Waals surface area contributed by atoms with E-state index in [2.05, 4.69) is 31.1 Å². The molecule has 4 heteroatoms. The summed E-state index contributed by atoms with van der Waals surface area (Å²) in [7, 11) is -0.533. The molecule has 0 unspecified atom stereocenters. The van der Waals surface area contributed by atoms with Gasteiger partial charge in [0.2, 0.25) is 0 Å². The third-order valence-corrected chi connectivity index (χ3v) is 4.88. The molecule has 1 aromatic rings. The van der Waals surface area contributed by atoms with E-state index in [9.17, 15) is 0 Å². The van der Waals surface area contributed by atoms with Crippen molar-refractivity contribution in [3.63, 3.8) is 0 Å². The fourth-order valence-corrected chi connectivity index (χ4v) is 3.73. The Labute approximate surface area is 74.4 Å². The summed E-state index contributed by atoms with van der Waals surface area (Å²) in [5, 5.41) is 9.82. The van der Waals surface area contributed by atoms with Crippen LogP contribution in [0.1, 0.15) is 25.6 Å². The van der Waals surface area contributed by atoms with Crippen LogP contribution in [0.4, 0.5) is 0 Å². The van der Waals surface area contributed by atoms with Crippen molar-refractivity contribution in [1.82, 2.24) is 15.0 Å². The first-order chi connectivity index (χ1) is 5.70. The second-order valence-electron chi connectivity index (χ2n) is 3.87. The zero-order chi connectivity index (χ0) is 8.72. The van der Waals surface area contributed by atoms with Crippen LogP contribution in [-0.4, -0.2) is 23.8 Å². The van der Waals surface area contributed by atoms with Gasteiger partial charge < -0.3 is 0 Å². The van der Waals surface area contributed by atoms with E-state index in [-0.39, 0.29) is 0 Å². The van der Waals surface area contributed by atoms with E-state index in [4.69, 9.17) is 0 Å². The molecule has 0 radical (unpaired) electrons. The third-order valence-electron chi connectivity index (χ3n) is 2.42. The van der Waals surface area contributed by atoms with Crippen LogP contribution in [0.15, 0.2) is 0 Å². The molecule has 1 saturated heterocycles. The van der Waals surface area contributed by atoms with Crippen LogP contribution in [0.25, 0.3) is 0 Å². The van der Waals surface area contributed by atoms with Crippen LogP contribution in [0.2, 0.25) is 12.1 Å². The van der Waals surface area contributed by atoms with Gasteiger partial charge in [0.15, 0.2) is 0 Å². The highest BCUT2D eigenvalue weighted by Crippen LogP contribution is 2.21. The highest BCUT2D eigenvalue weighted by molar-refractivity contribution is 6.81. The Hall–Kier alpha value is -0.643. The van der Waals surface area contributed by atoms with Gasteiger partial charge in [0.05, 0.1) is 19.8 Å². The highest BCUT2D eigenvalue weighted by atomic mass is 28.3. The lowest BCUT2D eigenvalue weighted by Gasteiger charge is -2.06. The van der Waals surface area contributed by atoms with Crippen molar-refractivity contribution in [3.05, 3.63) is 5.69 Å². The quantitative estimate of drug-likeness (QED) is 0.626. The molecule has 0 aromatic carbocycles. The Bertz CT molecular complexity index is 269. The molecule has 66 valence electrons. The van der Waals surface area contributed by atoms with E-state index >= 15 is 0 Å². The molecule has 0 saturated carbocycles. The summed E-state index contributed by atoms with van der Waals surface area (Å²) >= 11 is 0. The number of hydrogen-bond donors (Lipinski definition) is 0. The second kappa shape index (κ2) is 2.69. The van der Waals surface area contributed by atoms with Crippen LogP contribution in [0.3, 0.4) is 0 Å². The minimum atomic E-state index is -0.533. The molecular formula is C8H15N3Si. The lowest BCUT2D eigenvalue weighted by Crippen LogP contribution is -2.20. The molecular weight excluding hydrogens is 166 g/mol. The largest absolute Gasteiger partial charge is 0.247 e. The maximum Gasteiger partial charge on any atom is 0.0989 e. The van der Waals surface area contributed by atoms with Gasteiger partial charge in [-0.25, -0.2) is 4.68 Å². The van der Waals surface area contributed by atoms with Gasteiger partial charge in [-0.05, 0) is 20.8 Å². The van der Waals surface area contributed by atoms with Gasteiger partial charge in [-0.1, -0.05) is 17.3 Å². The molecule has 12 heavy (non-hydrogen) atoms. The average molecular weight is 181 g/mol. The van der Waals surface area contributed by atoms with E-state index in [1.165, 1.54) is 23.1 Å². The SMILES string of the molecule is Cc1c([SiH]2CC2)nnn1C(C)C. The molecule has 0 atom stereocenters. The van der Waals surface area contributed by atoms with Gasteiger partial charge in [-0.2, -0.15) is 0 Å². The standard InChI is InChI=1S/C8H15N3Si/c1-6(2)11-7(3)8(9-10-11)12-4-5-12/h6,12H,4-5H2,1-3H3. The lowest BCUT2D eigenvalue weighted by atomic mass is 10.4. The van der Waals surface area contributed by atoms with Gasteiger partial charge in [-0.15, -0.1) is 5.10 Å². The molecule has 0 spiro atoms. The minimum Gasteiger partial charge on any atom is -0.247 e. The summed E-state index contributed by atoms with van der Waals surface area (Å²) in [5.74, 6) is 0. The summed E-state index contributed by atoms with van der Waals surface area (Å²) in [5.41, 5.74) is 1.32. The van der Waals surface area contributed by atoms with Gasteiger partial charge in [-0.3, -0.25) is 0 Å². The number of hydrogen-bond acceptors (Lipinski definition) is 2. The topological polar surface area (TPSA) is 30.7 Å². The van der Waals surface area contributed by atoms with Crippen LogP contribution in [-0.2, 0) is 0 Å². The zero-order valence-electron chi connectivity index (χ0n) is 7.91. The van der Waals surface area contributed by atoms with Crippen molar-refractivity contribution < 1.29 is 0 Å². The Kier molecular flexibility index (Phi) is 1.79. The van der Waals surface area contributed by atoms with Crippen LogP contribution < -0.4 is 5.32 Å². The highest BCUT2D eigenvalue weighted by Gasteiger charge is 2.31. The van der Waals surface area contributed by atoms with Gasteiger partial charge in [0.25, 0.3) is 0 Å². The van der Waals surface area contributed by atoms with E-state index in [0.717, 1.165) is 0 Å². The number of rotatable bonds is 2. The van der Waals surface area contributed by atoms with Crippen molar-refractivity contribution in [2.45, 2.75) is 38.9 Å². The van der Waals surface area contributed by atoms with E-state index in [0.29, 0.717) is 6.04 Å². The van der Waals surface area contributed by atoms with Crippen molar-refractivity contribution >= 4 is 14.1 Å². The van der Waals surface area contributed by atoms with Crippen molar-refractivity contribution in [2.24, 2.45) is 0 Å². The smallest absolute Gasteiger partial charge is 0.0989 e. The first-order valence-electron chi connectivity index (χ1n) is 4.62. The molecule has 1 aromatic heterocycles. The van der Waals surface area contributed by atoms with E-state index in [1.807, 2.05) is 4.68 Å². The average Bonchev–Trinajstić information content (AvgIpc) is 2.75. The van der Waals surface area contributed by atoms with Crippen molar-refractivity contribution in [1.29, 1.82) is 0 Å². The maximum atomic E-state index is 4.27. The predicted molar refractivity (Wildman–Crippen MR) is 51.5 cm³/mol. The molecule has 2 rings (SSSR count). The van der Waals surface area contributed by atoms with Crippen LogP contribution in [0.5, 0.6) is 0 Å². The summed E-state index contributed by atoms with van der Waals surface area (Å²) in [6.07, 6.45) is 0. The lowest BCUT2D eigenvalue weighted by molar-refractivity contribution is 0.502. The first kappa shape index (κ1) is 7.98. The zero-order valence-corrected chi connectivity index (χ0v) is 9.07. The fraction of sp³-hybridized carbons (Fsp3) is 0.750. The van der Waals surface area contributed by atoms with E-state index < -0.39 is 8.80 Å². The Morgan fingerprint density at radius 3 is 2.50 bits per heavy atom. The number of nitrogens with zero attached hydrogens (tertiary/aromatic N) is 3. The molecule has 0 bridgehead atoms. The molecule has 3 nitrogen and oxygen atoms in total. The molecule has 0 amide bonds. The number of aromatic nitrogens is 3. The summed E-state index contributed by atoms with van der Waals surface area (Å²) in [6.45, 7) is 6.46. The van der Waals surface area contributed by atoms with Crippen LogP contribution in [0, 0.1) is 6.92 Å². The molecule has 2 heterocycles. The van der Waals surface area contributed by atoms with Gasteiger partial charge in [0.1, 0.15) is 0 Å². The Balaban J connectivity index is 2.33. The first-order valence-corrected chi connectivity index (χ1v) is 6.83. The monoisotopic (exact) mass is 181 g/mol. The summed E-state index contributed by atoms with van der Waals surface area (Å²) < 4.78 is 2.04. The molecule has 0 N–H and O–H groups in total. The van der Waals surface area contributed by atoms with Crippen molar-refractivity contribution in [3.8, 4) is 0 Å². The Morgan fingerprint density at radius 1 is 1.42 bits per heavy atom. The molecule has 1 aliphatic rings. The second-order valence-corrected chi connectivity index (χ2v) is 6.97. The molecule has 0 aliphatic carbocycles. The van der Waals surface area contributed by atoms with E-state index in [1.54, 1.807) is 0 Å². The Morgan fingerprint density at radius 2 is 2.08 bits per heavy atom. The predicted octanol–water partition coefficient (Wildman–Crippen LogP) is 0.615. The van der Waals surface area contributed by atoms with Crippen molar-refractivity contribution in [2.75, 3.05) is 0 Å². The van der Waals surface area contributed by atoms with Gasteiger partial charge in [0, 0.05) is 6.04 Å². The molecule has 1 fully saturated rings. The maximum absolute atomic E-state index is 4.27. The normalized spacial score (nSPS) is 17.3. The van der Waals surface area contributed by atoms with Crippen LogP contribution >= 0.6 is 0 Å².